The van der Waals surface area contributed by atoms with Crippen LogP contribution in [-0.2, 0) is 11.2 Å². The quantitative estimate of drug-likeness (QED) is 0.769. The number of pyridine rings is 1. The predicted molar refractivity (Wildman–Crippen MR) is 66.2 cm³/mol. The van der Waals surface area contributed by atoms with Gasteiger partial charge in [-0.2, -0.15) is 0 Å². The Morgan fingerprint density at radius 3 is 2.81 bits per heavy atom. The minimum atomic E-state index is 0.0594. The first-order valence-electron chi connectivity index (χ1n) is 6.04. The second kappa shape index (κ2) is 7.36. The van der Waals surface area contributed by atoms with Gasteiger partial charge in [0, 0.05) is 25.0 Å². The molecular weight excluding hydrogens is 200 g/mol. The molecule has 0 saturated carbocycles. The highest BCUT2D eigenvalue weighted by Crippen LogP contribution is 2.10. The van der Waals surface area contributed by atoms with E-state index < -0.39 is 0 Å². The Balaban J connectivity index is 2.51. The van der Waals surface area contributed by atoms with Gasteiger partial charge in [-0.1, -0.05) is 19.4 Å². The predicted octanol–water partition coefficient (Wildman–Crippen LogP) is 2.16. The van der Waals surface area contributed by atoms with Gasteiger partial charge in [-0.05, 0) is 31.4 Å². The first-order chi connectivity index (χ1) is 7.77. The fourth-order valence-electron chi connectivity index (χ4n) is 1.84. The Kier molecular flexibility index (Phi) is 6.04. The first kappa shape index (κ1) is 13.1. The molecule has 0 amide bonds. The van der Waals surface area contributed by atoms with E-state index in [1.54, 1.807) is 6.20 Å². The summed E-state index contributed by atoms with van der Waals surface area (Å²) in [6, 6.07) is 4.06. The molecule has 0 radical (unpaired) electrons. The van der Waals surface area contributed by atoms with Crippen molar-refractivity contribution in [2.75, 3.05) is 6.61 Å². The second-order valence-corrected chi connectivity index (χ2v) is 4.01. The fourth-order valence-corrected chi connectivity index (χ4v) is 1.84. The molecule has 90 valence electrons. The highest BCUT2D eigenvalue weighted by molar-refractivity contribution is 5.10. The highest BCUT2D eigenvalue weighted by Gasteiger charge is 2.17. The van der Waals surface area contributed by atoms with Gasteiger partial charge in [0.15, 0.2) is 0 Å². The van der Waals surface area contributed by atoms with Crippen LogP contribution in [0.15, 0.2) is 24.5 Å². The van der Waals surface area contributed by atoms with Crippen molar-refractivity contribution in [3.8, 4) is 0 Å². The zero-order chi connectivity index (χ0) is 11.8. The molecule has 0 bridgehead atoms. The van der Waals surface area contributed by atoms with Crippen LogP contribution in [0.2, 0.25) is 0 Å². The molecule has 0 aliphatic heterocycles. The maximum atomic E-state index is 6.17. The Morgan fingerprint density at radius 2 is 2.25 bits per heavy atom. The molecule has 2 N–H and O–H groups in total. The van der Waals surface area contributed by atoms with Crippen molar-refractivity contribution >= 4 is 0 Å². The van der Waals surface area contributed by atoms with E-state index in [1.165, 1.54) is 5.56 Å². The van der Waals surface area contributed by atoms with Crippen molar-refractivity contribution < 1.29 is 4.74 Å². The van der Waals surface area contributed by atoms with Crippen molar-refractivity contribution in [2.24, 2.45) is 5.73 Å². The molecule has 2 unspecified atom stereocenters. The van der Waals surface area contributed by atoms with Crippen LogP contribution in [0.5, 0.6) is 0 Å². The first-order valence-corrected chi connectivity index (χ1v) is 6.04. The van der Waals surface area contributed by atoms with Gasteiger partial charge in [0.05, 0.1) is 6.10 Å². The zero-order valence-electron chi connectivity index (χ0n) is 10.2. The van der Waals surface area contributed by atoms with Gasteiger partial charge >= 0.3 is 0 Å². The molecule has 3 nitrogen and oxygen atoms in total. The number of hydrogen-bond donors (Lipinski definition) is 1. The average molecular weight is 222 g/mol. The lowest BCUT2D eigenvalue weighted by molar-refractivity contribution is 0.0378. The van der Waals surface area contributed by atoms with Gasteiger partial charge in [-0.25, -0.2) is 0 Å². The summed E-state index contributed by atoms with van der Waals surface area (Å²) in [6.07, 6.45) is 6.77. The monoisotopic (exact) mass is 222 g/mol. The van der Waals surface area contributed by atoms with Gasteiger partial charge in [-0.15, -0.1) is 0 Å². The fraction of sp³-hybridized carbons (Fsp3) is 0.615. The summed E-state index contributed by atoms with van der Waals surface area (Å²) in [4.78, 5) is 4.09. The Hall–Kier alpha value is -0.930. The third kappa shape index (κ3) is 4.29. The molecule has 0 saturated heterocycles. The minimum Gasteiger partial charge on any atom is -0.377 e. The van der Waals surface area contributed by atoms with E-state index in [9.17, 15) is 0 Å². The summed E-state index contributed by atoms with van der Waals surface area (Å²) in [5.41, 5.74) is 7.35. The molecule has 2 atom stereocenters. The van der Waals surface area contributed by atoms with Crippen molar-refractivity contribution in [3.05, 3.63) is 30.1 Å². The van der Waals surface area contributed by atoms with E-state index >= 15 is 0 Å². The van der Waals surface area contributed by atoms with Crippen molar-refractivity contribution in [2.45, 2.75) is 45.3 Å². The highest BCUT2D eigenvalue weighted by atomic mass is 16.5. The van der Waals surface area contributed by atoms with Crippen LogP contribution < -0.4 is 5.73 Å². The number of rotatable bonds is 7. The number of nitrogens with zero attached hydrogens (tertiary/aromatic N) is 1. The van der Waals surface area contributed by atoms with Crippen molar-refractivity contribution in [1.82, 2.24) is 4.98 Å². The molecule has 0 spiro atoms. The van der Waals surface area contributed by atoms with E-state index in [1.807, 2.05) is 19.2 Å². The SMILES string of the molecule is CCCC(OCC)C(N)Cc1cccnc1. The van der Waals surface area contributed by atoms with Crippen LogP contribution in [0.4, 0.5) is 0 Å². The lowest BCUT2D eigenvalue weighted by atomic mass is 10.0. The molecular formula is C13H22N2O. The summed E-state index contributed by atoms with van der Waals surface area (Å²) >= 11 is 0. The normalized spacial score (nSPS) is 14.7. The lowest BCUT2D eigenvalue weighted by Crippen LogP contribution is -2.38. The summed E-state index contributed by atoms with van der Waals surface area (Å²) in [7, 11) is 0. The van der Waals surface area contributed by atoms with Crippen LogP contribution in [-0.4, -0.2) is 23.7 Å². The number of ether oxygens (including phenoxy) is 1. The van der Waals surface area contributed by atoms with E-state index in [0.717, 1.165) is 25.9 Å². The van der Waals surface area contributed by atoms with Crippen LogP contribution in [0.1, 0.15) is 32.3 Å². The minimum absolute atomic E-state index is 0.0594. The van der Waals surface area contributed by atoms with E-state index in [4.69, 9.17) is 10.5 Å². The molecule has 1 aromatic rings. The second-order valence-electron chi connectivity index (χ2n) is 4.01. The van der Waals surface area contributed by atoms with Crippen LogP contribution in [0.25, 0.3) is 0 Å². The van der Waals surface area contributed by atoms with Crippen LogP contribution in [0, 0.1) is 0 Å². The van der Waals surface area contributed by atoms with E-state index in [-0.39, 0.29) is 12.1 Å². The Labute approximate surface area is 98.0 Å². The third-order valence-electron chi connectivity index (χ3n) is 2.63. The maximum Gasteiger partial charge on any atom is 0.0728 e. The molecule has 0 aliphatic rings. The Bertz CT molecular complexity index is 271. The molecule has 1 heterocycles. The zero-order valence-corrected chi connectivity index (χ0v) is 10.2. The van der Waals surface area contributed by atoms with E-state index in [2.05, 4.69) is 18.0 Å². The third-order valence-corrected chi connectivity index (χ3v) is 2.63. The van der Waals surface area contributed by atoms with Gasteiger partial charge in [-0.3, -0.25) is 4.98 Å². The molecule has 0 aliphatic carbocycles. The molecule has 1 rings (SSSR count). The standard InChI is InChI=1S/C13H22N2O/c1-3-6-13(16-4-2)12(14)9-11-7-5-8-15-10-11/h5,7-8,10,12-13H,3-4,6,9,14H2,1-2H3. The molecule has 0 aromatic carbocycles. The van der Waals surface area contributed by atoms with Gasteiger partial charge < -0.3 is 10.5 Å². The number of aromatic nitrogens is 1. The molecule has 1 aromatic heterocycles. The van der Waals surface area contributed by atoms with Gasteiger partial charge in [0.1, 0.15) is 0 Å². The van der Waals surface area contributed by atoms with Crippen LogP contribution >= 0.6 is 0 Å². The Morgan fingerprint density at radius 1 is 1.44 bits per heavy atom. The van der Waals surface area contributed by atoms with E-state index in [0.29, 0.717) is 0 Å². The van der Waals surface area contributed by atoms with Gasteiger partial charge in [0.2, 0.25) is 0 Å². The summed E-state index contributed by atoms with van der Waals surface area (Å²) < 4.78 is 5.67. The molecule has 16 heavy (non-hydrogen) atoms. The summed E-state index contributed by atoms with van der Waals surface area (Å²) in [5, 5.41) is 0. The average Bonchev–Trinajstić information content (AvgIpc) is 2.30. The molecule has 3 heteroatoms. The summed E-state index contributed by atoms with van der Waals surface area (Å²) in [6.45, 7) is 4.90. The number of nitrogens with two attached hydrogens (primary N) is 1. The summed E-state index contributed by atoms with van der Waals surface area (Å²) in [5.74, 6) is 0. The smallest absolute Gasteiger partial charge is 0.0728 e. The molecule has 0 fully saturated rings. The van der Waals surface area contributed by atoms with Gasteiger partial charge in [0.25, 0.3) is 0 Å². The van der Waals surface area contributed by atoms with Crippen molar-refractivity contribution in [3.63, 3.8) is 0 Å². The lowest BCUT2D eigenvalue weighted by Gasteiger charge is -2.23. The maximum absolute atomic E-state index is 6.17. The van der Waals surface area contributed by atoms with Crippen LogP contribution in [0.3, 0.4) is 0 Å². The largest absolute Gasteiger partial charge is 0.377 e. The number of hydrogen-bond acceptors (Lipinski definition) is 3. The van der Waals surface area contributed by atoms with Crippen molar-refractivity contribution in [1.29, 1.82) is 0 Å². The topological polar surface area (TPSA) is 48.1 Å².